The summed E-state index contributed by atoms with van der Waals surface area (Å²) in [5, 5.41) is 7.83. The second-order valence-electron chi connectivity index (χ2n) is 12.2. The molecular formula is C31H44BrN3O7S. The van der Waals surface area contributed by atoms with E-state index in [9.17, 15) is 24.0 Å². The number of rotatable bonds is 15. The van der Waals surface area contributed by atoms with Gasteiger partial charge in [-0.2, -0.15) is 12.6 Å². The van der Waals surface area contributed by atoms with E-state index in [0.29, 0.717) is 12.8 Å². The third kappa shape index (κ3) is 17.0. The predicted molar refractivity (Wildman–Crippen MR) is 172 cm³/mol. The zero-order valence-electron chi connectivity index (χ0n) is 25.8. The van der Waals surface area contributed by atoms with Crippen molar-refractivity contribution in [3.8, 4) is 10.8 Å². The van der Waals surface area contributed by atoms with E-state index in [1.54, 1.807) is 45.0 Å². The Morgan fingerprint density at radius 3 is 2.07 bits per heavy atom. The largest absolute Gasteiger partial charge is 0.463 e. The van der Waals surface area contributed by atoms with Crippen molar-refractivity contribution in [1.82, 2.24) is 16.0 Å². The number of Topliss-reactive ketones (excluding diaryl/α,β-unsaturated/α-hetero) is 1. The number of alkyl carbamates (subject to hydrolysis) is 1. The fourth-order valence-corrected chi connectivity index (χ4v) is 4.18. The van der Waals surface area contributed by atoms with Gasteiger partial charge in [0, 0.05) is 47.4 Å². The van der Waals surface area contributed by atoms with Crippen LogP contribution >= 0.6 is 28.6 Å². The molecule has 0 unspecified atom stereocenters. The summed E-state index contributed by atoms with van der Waals surface area (Å²) in [6.45, 7) is 10.4. The summed E-state index contributed by atoms with van der Waals surface area (Å²) in [4.78, 5) is 67.2. The van der Waals surface area contributed by atoms with Gasteiger partial charge in [0.1, 0.15) is 30.3 Å². The van der Waals surface area contributed by atoms with Gasteiger partial charge in [-0.3, -0.25) is 19.2 Å². The van der Waals surface area contributed by atoms with Crippen molar-refractivity contribution >= 4 is 58.2 Å². The van der Waals surface area contributed by atoms with Gasteiger partial charge in [0.05, 0.1) is 0 Å². The molecule has 0 saturated carbocycles. The Morgan fingerprint density at radius 2 is 1.51 bits per heavy atom. The van der Waals surface area contributed by atoms with Crippen LogP contribution in [-0.4, -0.2) is 65.7 Å². The molecule has 1 rings (SSSR count). The van der Waals surface area contributed by atoms with Gasteiger partial charge in [0.15, 0.2) is 5.78 Å². The zero-order chi connectivity index (χ0) is 32.6. The molecule has 1 aromatic rings. The molecule has 0 aliphatic rings. The van der Waals surface area contributed by atoms with Gasteiger partial charge in [0.2, 0.25) is 11.8 Å². The molecule has 0 spiro atoms. The molecule has 238 valence electrons. The molecule has 0 fully saturated rings. The van der Waals surface area contributed by atoms with Gasteiger partial charge in [0.25, 0.3) is 0 Å². The van der Waals surface area contributed by atoms with Crippen LogP contribution in [-0.2, 0) is 35.1 Å². The lowest BCUT2D eigenvalue weighted by molar-refractivity contribution is -0.146. The van der Waals surface area contributed by atoms with Crippen LogP contribution in [0.4, 0.5) is 4.79 Å². The number of halogens is 1. The minimum atomic E-state index is -1.13. The minimum Gasteiger partial charge on any atom is -0.463 e. The highest BCUT2D eigenvalue weighted by molar-refractivity contribution is 9.12. The van der Waals surface area contributed by atoms with Crippen molar-refractivity contribution in [2.75, 3.05) is 12.4 Å². The number of hydrogen-bond acceptors (Lipinski definition) is 8. The lowest BCUT2D eigenvalue weighted by atomic mass is 9.88. The molecule has 3 N–H and O–H groups in total. The smallest absolute Gasteiger partial charge is 0.408 e. The number of unbranched alkanes of at least 4 members (excludes halogenated alkanes) is 1. The Hall–Kier alpha value is -3.04. The Kier molecular flexibility index (Phi) is 16.4. The first-order chi connectivity index (χ1) is 20.0. The molecule has 43 heavy (non-hydrogen) atoms. The molecule has 0 heterocycles. The molecule has 0 bridgehead atoms. The van der Waals surface area contributed by atoms with E-state index in [2.05, 4.69) is 55.3 Å². The van der Waals surface area contributed by atoms with E-state index in [1.165, 1.54) is 0 Å². The molecule has 10 nitrogen and oxygen atoms in total. The molecule has 0 aromatic heterocycles. The number of carbonyl (C=O) groups excluding carboxylic acids is 5. The first-order valence-electron chi connectivity index (χ1n) is 14.1. The fraction of sp³-hybridized carbons (Fsp3) is 0.581. The van der Waals surface area contributed by atoms with Crippen molar-refractivity contribution < 1.29 is 33.4 Å². The Bertz CT molecular complexity index is 1150. The van der Waals surface area contributed by atoms with E-state index < -0.39 is 47.6 Å². The summed E-state index contributed by atoms with van der Waals surface area (Å²) in [7, 11) is 0. The molecule has 1 aromatic carbocycles. The van der Waals surface area contributed by atoms with Gasteiger partial charge >= 0.3 is 12.1 Å². The van der Waals surface area contributed by atoms with E-state index in [4.69, 9.17) is 9.47 Å². The maximum absolute atomic E-state index is 13.6. The summed E-state index contributed by atoms with van der Waals surface area (Å²) >= 11 is 7.18. The van der Waals surface area contributed by atoms with Crippen molar-refractivity contribution in [1.29, 1.82) is 0 Å². The normalized spacial score (nSPS) is 13.3. The second-order valence-corrected chi connectivity index (χ2v) is 13.0. The van der Waals surface area contributed by atoms with Crippen LogP contribution in [0.1, 0.15) is 72.8 Å². The van der Waals surface area contributed by atoms with Crippen LogP contribution in [0.2, 0.25) is 0 Å². The molecule has 0 saturated heterocycles. The fourth-order valence-electron chi connectivity index (χ4n) is 3.73. The number of ketones is 1. The summed E-state index contributed by atoms with van der Waals surface area (Å²) in [6.07, 6.45) is 0.504. The SMILES string of the molecule is CC(C)(C)CC(=O)[C@H](COC(=O)CCCC#CBr)NC(=O)[C@H](Cc1ccccc1)NC(=O)[C@H](CS)NC(=O)OC(C)(C)C. The summed E-state index contributed by atoms with van der Waals surface area (Å²) in [6, 6.07) is 5.65. The standard InChI is InChI=1S/C31H44BrN3O7S/c1-30(2,3)18-25(36)23(19-41-26(37)15-11-8-12-16-32)34-27(38)22(17-21-13-9-7-10-14-21)33-28(39)24(20-43)35-29(40)42-31(4,5)6/h7,9-10,13-14,22-24,43H,8,11,15,17-20H2,1-6H3,(H,33,39)(H,34,38)(H,35,40)/t22-,23-,24-/m0/s1. The lowest BCUT2D eigenvalue weighted by Crippen LogP contribution is -2.57. The van der Waals surface area contributed by atoms with Crippen LogP contribution in [0.5, 0.6) is 0 Å². The molecule has 3 amide bonds. The molecule has 12 heteroatoms. The first kappa shape index (κ1) is 38.0. The molecule has 0 radical (unpaired) electrons. The van der Waals surface area contributed by atoms with E-state index >= 15 is 0 Å². The highest BCUT2D eigenvalue weighted by Gasteiger charge is 2.32. The van der Waals surface area contributed by atoms with Gasteiger partial charge in [-0.25, -0.2) is 4.79 Å². The third-order valence-corrected chi connectivity index (χ3v) is 6.32. The summed E-state index contributed by atoms with van der Waals surface area (Å²) in [5.74, 6) is 0.595. The Morgan fingerprint density at radius 1 is 0.907 bits per heavy atom. The van der Waals surface area contributed by atoms with Crippen LogP contribution in [0.3, 0.4) is 0 Å². The second kappa shape index (κ2) is 18.6. The maximum Gasteiger partial charge on any atom is 0.408 e. The Labute approximate surface area is 268 Å². The predicted octanol–water partition coefficient (Wildman–Crippen LogP) is 4.10. The highest BCUT2D eigenvalue weighted by Crippen LogP contribution is 2.20. The number of amides is 3. The number of hydrogen-bond donors (Lipinski definition) is 4. The molecule has 0 aliphatic heterocycles. The lowest BCUT2D eigenvalue weighted by Gasteiger charge is -2.27. The van der Waals surface area contributed by atoms with E-state index in [-0.39, 0.29) is 42.8 Å². The highest BCUT2D eigenvalue weighted by atomic mass is 79.9. The topological polar surface area (TPSA) is 140 Å². The van der Waals surface area contributed by atoms with Crippen molar-refractivity contribution in [3.63, 3.8) is 0 Å². The van der Waals surface area contributed by atoms with Crippen molar-refractivity contribution in [2.24, 2.45) is 5.41 Å². The van der Waals surface area contributed by atoms with Crippen LogP contribution in [0.25, 0.3) is 0 Å². The molecular weight excluding hydrogens is 638 g/mol. The molecule has 0 aliphatic carbocycles. The Balaban J connectivity index is 3.13. The maximum atomic E-state index is 13.6. The molecule has 3 atom stereocenters. The van der Waals surface area contributed by atoms with Crippen molar-refractivity contribution in [3.05, 3.63) is 35.9 Å². The number of nitrogens with one attached hydrogen (secondary N) is 3. The summed E-state index contributed by atoms with van der Waals surface area (Å²) in [5.41, 5.74) is -0.415. The first-order valence-corrected chi connectivity index (χ1v) is 15.5. The van der Waals surface area contributed by atoms with Gasteiger partial charge in [-0.15, -0.1) is 0 Å². The van der Waals surface area contributed by atoms with Gasteiger partial charge < -0.3 is 25.4 Å². The average molecular weight is 683 g/mol. The number of esters is 1. The summed E-state index contributed by atoms with van der Waals surface area (Å²) < 4.78 is 10.6. The quantitative estimate of drug-likeness (QED) is 0.0946. The minimum absolute atomic E-state index is 0.0609. The van der Waals surface area contributed by atoms with E-state index in [0.717, 1.165) is 5.56 Å². The van der Waals surface area contributed by atoms with Crippen LogP contribution in [0, 0.1) is 16.2 Å². The average Bonchev–Trinajstić information content (AvgIpc) is 2.90. The van der Waals surface area contributed by atoms with Gasteiger partial charge in [-0.1, -0.05) is 57.0 Å². The zero-order valence-corrected chi connectivity index (χ0v) is 28.2. The number of ether oxygens (including phenoxy) is 2. The number of carbonyl (C=O) groups is 5. The van der Waals surface area contributed by atoms with Crippen LogP contribution < -0.4 is 16.0 Å². The number of thiol groups is 1. The van der Waals surface area contributed by atoms with Crippen molar-refractivity contribution in [2.45, 2.75) is 97.4 Å². The van der Waals surface area contributed by atoms with E-state index in [1.807, 2.05) is 26.8 Å². The third-order valence-electron chi connectivity index (χ3n) is 5.68. The van der Waals surface area contributed by atoms with Crippen LogP contribution in [0.15, 0.2) is 30.3 Å². The monoisotopic (exact) mass is 681 g/mol. The van der Waals surface area contributed by atoms with Gasteiger partial charge in [-0.05, 0) is 43.0 Å². The number of benzene rings is 1.